The van der Waals surface area contributed by atoms with Gasteiger partial charge in [-0.3, -0.25) is 4.79 Å². The summed E-state index contributed by atoms with van der Waals surface area (Å²) in [6.45, 7) is 3.21. The summed E-state index contributed by atoms with van der Waals surface area (Å²) >= 11 is 0. The zero-order valence-corrected chi connectivity index (χ0v) is 8.08. The molecule has 76 valence electrons. The fourth-order valence-corrected chi connectivity index (χ4v) is 1.36. The first-order valence-corrected chi connectivity index (χ1v) is 4.82. The molecule has 2 unspecified atom stereocenters. The Kier molecular flexibility index (Phi) is 4.18. The Labute approximate surface area is 78.8 Å². The number of nitrogens with one attached hydrogen (secondary N) is 1. The van der Waals surface area contributed by atoms with Gasteiger partial charge in [0.2, 0.25) is 5.91 Å². The van der Waals surface area contributed by atoms with Crippen LogP contribution in [0.25, 0.3) is 0 Å². The topological polar surface area (TPSA) is 64.3 Å². The molecule has 1 aliphatic heterocycles. The van der Waals surface area contributed by atoms with E-state index < -0.39 is 0 Å². The van der Waals surface area contributed by atoms with Gasteiger partial charge < -0.3 is 15.8 Å². The molecule has 2 atom stereocenters. The summed E-state index contributed by atoms with van der Waals surface area (Å²) in [5.41, 5.74) is 5.50. The second-order valence-electron chi connectivity index (χ2n) is 3.62. The third-order valence-electron chi connectivity index (χ3n) is 2.06. The summed E-state index contributed by atoms with van der Waals surface area (Å²) in [6.07, 6.45) is 2.69. The Hall–Kier alpha value is -0.610. The van der Waals surface area contributed by atoms with Crippen molar-refractivity contribution in [2.75, 3.05) is 13.2 Å². The standard InChI is InChI=1S/C9H18N2O2/c1-7(10)6-11-9(12)5-8-3-2-4-13-8/h7-8H,2-6,10H2,1H3,(H,11,12). The van der Waals surface area contributed by atoms with Crippen LogP contribution in [-0.4, -0.2) is 31.2 Å². The maximum Gasteiger partial charge on any atom is 0.222 e. The zero-order chi connectivity index (χ0) is 9.68. The Balaban J connectivity index is 2.09. The number of hydrogen-bond acceptors (Lipinski definition) is 3. The van der Waals surface area contributed by atoms with E-state index in [1.54, 1.807) is 0 Å². The Bertz CT molecular complexity index is 165. The number of nitrogens with two attached hydrogens (primary N) is 1. The van der Waals surface area contributed by atoms with Crippen molar-refractivity contribution < 1.29 is 9.53 Å². The highest BCUT2D eigenvalue weighted by Gasteiger charge is 2.18. The molecular formula is C9H18N2O2. The van der Waals surface area contributed by atoms with Gasteiger partial charge in [0.05, 0.1) is 12.5 Å². The number of hydrogen-bond donors (Lipinski definition) is 2. The van der Waals surface area contributed by atoms with Gasteiger partial charge in [0.25, 0.3) is 0 Å². The quantitative estimate of drug-likeness (QED) is 0.650. The summed E-state index contributed by atoms with van der Waals surface area (Å²) in [6, 6.07) is 0.0217. The van der Waals surface area contributed by atoms with Gasteiger partial charge in [0.1, 0.15) is 0 Å². The van der Waals surface area contributed by atoms with Crippen molar-refractivity contribution in [3.63, 3.8) is 0 Å². The number of carbonyl (C=O) groups is 1. The molecule has 0 radical (unpaired) electrons. The third-order valence-corrected chi connectivity index (χ3v) is 2.06. The van der Waals surface area contributed by atoms with Crippen molar-refractivity contribution in [3.05, 3.63) is 0 Å². The van der Waals surface area contributed by atoms with Gasteiger partial charge in [-0.25, -0.2) is 0 Å². The van der Waals surface area contributed by atoms with Crippen molar-refractivity contribution in [1.82, 2.24) is 5.32 Å². The summed E-state index contributed by atoms with van der Waals surface area (Å²) in [4.78, 5) is 11.3. The van der Waals surface area contributed by atoms with E-state index in [1.807, 2.05) is 6.92 Å². The van der Waals surface area contributed by atoms with E-state index in [0.29, 0.717) is 13.0 Å². The second-order valence-corrected chi connectivity index (χ2v) is 3.62. The molecule has 1 rings (SSSR count). The van der Waals surface area contributed by atoms with E-state index in [9.17, 15) is 4.79 Å². The van der Waals surface area contributed by atoms with Crippen molar-refractivity contribution in [2.45, 2.75) is 38.3 Å². The maximum absolute atomic E-state index is 11.3. The highest BCUT2D eigenvalue weighted by molar-refractivity contribution is 5.76. The number of amides is 1. The van der Waals surface area contributed by atoms with Crippen molar-refractivity contribution in [1.29, 1.82) is 0 Å². The molecule has 4 heteroatoms. The van der Waals surface area contributed by atoms with Gasteiger partial charge in [0.15, 0.2) is 0 Å². The summed E-state index contributed by atoms with van der Waals surface area (Å²) in [5.74, 6) is 0.0456. The first-order valence-electron chi connectivity index (χ1n) is 4.82. The first kappa shape index (κ1) is 10.5. The monoisotopic (exact) mass is 186 g/mol. The average Bonchev–Trinajstić information content (AvgIpc) is 2.53. The van der Waals surface area contributed by atoms with Crippen LogP contribution in [0.4, 0.5) is 0 Å². The Morgan fingerprint density at radius 2 is 2.54 bits per heavy atom. The zero-order valence-electron chi connectivity index (χ0n) is 8.08. The normalized spacial score (nSPS) is 24.3. The van der Waals surface area contributed by atoms with Crippen LogP contribution in [-0.2, 0) is 9.53 Å². The minimum atomic E-state index is 0.0217. The van der Waals surface area contributed by atoms with Gasteiger partial charge in [0, 0.05) is 19.2 Å². The molecule has 1 heterocycles. The number of rotatable bonds is 4. The highest BCUT2D eigenvalue weighted by atomic mass is 16.5. The first-order chi connectivity index (χ1) is 6.18. The molecule has 3 N–H and O–H groups in total. The lowest BCUT2D eigenvalue weighted by atomic mass is 10.2. The average molecular weight is 186 g/mol. The van der Waals surface area contributed by atoms with E-state index >= 15 is 0 Å². The minimum Gasteiger partial charge on any atom is -0.378 e. The fourth-order valence-electron chi connectivity index (χ4n) is 1.36. The van der Waals surface area contributed by atoms with Crippen molar-refractivity contribution >= 4 is 5.91 Å². The van der Waals surface area contributed by atoms with E-state index in [2.05, 4.69) is 5.32 Å². The summed E-state index contributed by atoms with van der Waals surface area (Å²) < 4.78 is 5.34. The molecule has 0 spiro atoms. The molecule has 1 fully saturated rings. The molecule has 0 aromatic rings. The molecule has 0 aromatic heterocycles. The summed E-state index contributed by atoms with van der Waals surface area (Å²) in [5, 5.41) is 2.77. The van der Waals surface area contributed by atoms with Crippen LogP contribution in [0.2, 0.25) is 0 Å². The van der Waals surface area contributed by atoms with E-state index in [-0.39, 0.29) is 18.1 Å². The molecule has 0 saturated carbocycles. The van der Waals surface area contributed by atoms with Crippen LogP contribution < -0.4 is 11.1 Å². The van der Waals surface area contributed by atoms with Crippen LogP contribution in [0, 0.1) is 0 Å². The van der Waals surface area contributed by atoms with Crippen LogP contribution in [0.5, 0.6) is 0 Å². The van der Waals surface area contributed by atoms with Crippen molar-refractivity contribution in [3.8, 4) is 0 Å². The third kappa shape index (κ3) is 4.24. The van der Waals surface area contributed by atoms with E-state index in [1.165, 1.54) is 0 Å². The molecule has 0 aromatic carbocycles. The maximum atomic E-state index is 11.3. The van der Waals surface area contributed by atoms with Gasteiger partial charge >= 0.3 is 0 Å². The lowest BCUT2D eigenvalue weighted by Gasteiger charge is -2.10. The van der Waals surface area contributed by atoms with Gasteiger partial charge in [-0.2, -0.15) is 0 Å². The largest absolute Gasteiger partial charge is 0.378 e. The highest BCUT2D eigenvalue weighted by Crippen LogP contribution is 2.14. The molecule has 1 saturated heterocycles. The molecule has 0 bridgehead atoms. The van der Waals surface area contributed by atoms with Crippen LogP contribution in [0.15, 0.2) is 0 Å². The minimum absolute atomic E-state index is 0.0217. The molecule has 1 amide bonds. The lowest BCUT2D eigenvalue weighted by Crippen LogP contribution is -2.36. The predicted octanol–water partition coefficient (Wildman–Crippen LogP) is 0.0189. The predicted molar refractivity (Wildman–Crippen MR) is 50.3 cm³/mol. The Morgan fingerprint density at radius 3 is 3.08 bits per heavy atom. The molecule has 13 heavy (non-hydrogen) atoms. The van der Waals surface area contributed by atoms with Gasteiger partial charge in [-0.15, -0.1) is 0 Å². The van der Waals surface area contributed by atoms with Crippen LogP contribution in [0.3, 0.4) is 0 Å². The number of ether oxygens (including phenoxy) is 1. The molecule has 4 nitrogen and oxygen atoms in total. The second kappa shape index (κ2) is 5.19. The Morgan fingerprint density at radius 1 is 1.77 bits per heavy atom. The van der Waals surface area contributed by atoms with Crippen LogP contribution in [0.1, 0.15) is 26.2 Å². The van der Waals surface area contributed by atoms with Gasteiger partial charge in [-0.1, -0.05) is 0 Å². The molecule has 1 aliphatic rings. The smallest absolute Gasteiger partial charge is 0.222 e. The van der Waals surface area contributed by atoms with Gasteiger partial charge in [-0.05, 0) is 19.8 Å². The lowest BCUT2D eigenvalue weighted by molar-refractivity contribution is -0.123. The van der Waals surface area contributed by atoms with Crippen molar-refractivity contribution in [2.24, 2.45) is 5.73 Å². The number of carbonyl (C=O) groups excluding carboxylic acids is 1. The summed E-state index contributed by atoms with van der Waals surface area (Å²) in [7, 11) is 0. The molecule has 0 aliphatic carbocycles. The fraction of sp³-hybridized carbons (Fsp3) is 0.889. The molecular weight excluding hydrogens is 168 g/mol. The SMILES string of the molecule is CC(N)CNC(=O)CC1CCCO1. The van der Waals surface area contributed by atoms with Crippen LogP contribution >= 0.6 is 0 Å². The van der Waals surface area contributed by atoms with E-state index in [4.69, 9.17) is 10.5 Å². The van der Waals surface area contributed by atoms with E-state index in [0.717, 1.165) is 19.4 Å².